The van der Waals surface area contributed by atoms with E-state index < -0.39 is 23.1 Å². The predicted molar refractivity (Wildman–Crippen MR) is 173 cm³/mol. The molecule has 0 saturated heterocycles. The summed E-state index contributed by atoms with van der Waals surface area (Å²) in [4.78, 5) is 16.3. The second-order valence-corrected chi connectivity index (χ2v) is 13.4. The van der Waals surface area contributed by atoms with Crippen molar-refractivity contribution in [2.45, 2.75) is 56.5 Å². The number of carbonyl (C=O) groups is 1. The van der Waals surface area contributed by atoms with E-state index in [-0.39, 0.29) is 5.25 Å². The zero-order valence-corrected chi connectivity index (χ0v) is 25.4. The van der Waals surface area contributed by atoms with E-state index in [1.807, 2.05) is 66.7 Å². The minimum Gasteiger partial charge on any atom is -0.479 e. The molecule has 4 aromatic rings. The number of hydrogen-bond acceptors (Lipinski definition) is 5. The highest BCUT2D eigenvalue weighted by molar-refractivity contribution is 7.99. The van der Waals surface area contributed by atoms with Gasteiger partial charge in [0, 0.05) is 26.8 Å². The highest BCUT2D eigenvalue weighted by atomic mass is 35.5. The Bertz CT molecular complexity index is 1610. The van der Waals surface area contributed by atoms with Crippen molar-refractivity contribution < 1.29 is 20.1 Å². The normalized spacial score (nSPS) is 16.0. The molecule has 5 rings (SSSR count). The van der Waals surface area contributed by atoms with Crippen LogP contribution < -0.4 is 0 Å². The first-order valence-corrected chi connectivity index (χ1v) is 15.6. The zero-order valence-electron chi connectivity index (χ0n) is 23.8. The molecule has 0 amide bonds. The van der Waals surface area contributed by atoms with Crippen molar-refractivity contribution in [1.82, 2.24) is 4.98 Å². The van der Waals surface area contributed by atoms with Crippen molar-refractivity contribution in [2.75, 3.05) is 5.75 Å². The lowest BCUT2D eigenvalue weighted by Crippen LogP contribution is -2.32. The Kier molecular flexibility index (Phi) is 9.09. The van der Waals surface area contributed by atoms with Gasteiger partial charge in [0.05, 0.1) is 16.8 Å². The van der Waals surface area contributed by atoms with E-state index in [2.05, 4.69) is 24.3 Å². The number of rotatable bonds is 12. The molecule has 1 heterocycles. The van der Waals surface area contributed by atoms with Crippen LogP contribution >= 0.6 is 23.4 Å². The van der Waals surface area contributed by atoms with Crippen LogP contribution in [0.1, 0.15) is 66.3 Å². The topological polar surface area (TPSA) is 90.7 Å². The van der Waals surface area contributed by atoms with Crippen LogP contribution in [0.25, 0.3) is 23.1 Å². The van der Waals surface area contributed by atoms with E-state index in [9.17, 15) is 20.1 Å². The van der Waals surface area contributed by atoms with Crippen LogP contribution in [0.3, 0.4) is 0 Å². The fourth-order valence-corrected chi connectivity index (χ4v) is 7.17. The Labute approximate surface area is 256 Å². The second-order valence-electron chi connectivity index (χ2n) is 11.7. The third-order valence-electron chi connectivity index (χ3n) is 8.04. The number of aliphatic hydroxyl groups excluding tert-OH is 1. The first-order chi connectivity index (χ1) is 20.0. The molecule has 2 atom stereocenters. The number of aliphatic carboxylic acids is 1. The van der Waals surface area contributed by atoms with Crippen LogP contribution in [0.4, 0.5) is 0 Å². The van der Waals surface area contributed by atoms with Crippen molar-refractivity contribution in [3.63, 3.8) is 0 Å². The maximum atomic E-state index is 11.6. The number of aliphatic hydroxyl groups is 2. The van der Waals surface area contributed by atoms with Crippen molar-refractivity contribution in [1.29, 1.82) is 0 Å². The van der Waals surface area contributed by atoms with E-state index in [1.165, 1.54) is 0 Å². The lowest BCUT2D eigenvalue weighted by atomic mass is 9.90. The Morgan fingerprint density at radius 3 is 2.55 bits per heavy atom. The van der Waals surface area contributed by atoms with Crippen LogP contribution in [-0.4, -0.2) is 38.1 Å². The molecule has 0 aliphatic heterocycles. The lowest BCUT2D eigenvalue weighted by Gasteiger charge is -2.25. The van der Waals surface area contributed by atoms with E-state index in [1.54, 1.807) is 25.6 Å². The molecule has 42 heavy (non-hydrogen) atoms. The highest BCUT2D eigenvalue weighted by Gasteiger charge is 2.52. The van der Waals surface area contributed by atoms with Gasteiger partial charge in [-0.05, 0) is 86.1 Å². The number of benzene rings is 3. The van der Waals surface area contributed by atoms with Crippen molar-refractivity contribution >= 4 is 52.4 Å². The van der Waals surface area contributed by atoms with Gasteiger partial charge in [-0.15, -0.1) is 0 Å². The van der Waals surface area contributed by atoms with E-state index in [4.69, 9.17) is 16.6 Å². The molecule has 1 fully saturated rings. The molecule has 5 nitrogen and oxygen atoms in total. The van der Waals surface area contributed by atoms with Gasteiger partial charge in [-0.3, -0.25) is 0 Å². The Morgan fingerprint density at radius 2 is 1.81 bits per heavy atom. The monoisotopic (exact) mass is 601 g/mol. The Morgan fingerprint density at radius 1 is 1.05 bits per heavy atom. The standard InChI is InChI=1S/C35H36ClNO4S/c1-34(2,41)29-9-4-3-7-24(29)13-17-31(42-22-35(18-19-35)32(38)33(39)40)26-8-5-6-23(20-26)10-15-28-16-12-25-11-14-27(36)21-30(25)37-28/h3-12,14-16,20-21,31-32,38,41H,13,17-19,22H2,1-2H3,(H,39,40)/b15-10+/t31-,32+/m1/s1. The molecular formula is C35H36ClNO4S. The maximum Gasteiger partial charge on any atom is 0.333 e. The summed E-state index contributed by atoms with van der Waals surface area (Å²) in [5, 5.41) is 32.3. The number of carboxylic acid groups (broad SMARTS) is 1. The summed E-state index contributed by atoms with van der Waals surface area (Å²) in [6.45, 7) is 3.61. The molecule has 1 aromatic heterocycles. The molecule has 7 heteroatoms. The van der Waals surface area contributed by atoms with Gasteiger partial charge in [0.15, 0.2) is 6.10 Å². The van der Waals surface area contributed by atoms with Gasteiger partial charge in [-0.25, -0.2) is 9.78 Å². The number of thioether (sulfide) groups is 1. The number of hydrogen-bond donors (Lipinski definition) is 3. The predicted octanol–water partition coefficient (Wildman–Crippen LogP) is 7.92. The number of fused-ring (bicyclic) bond motifs is 1. The lowest BCUT2D eigenvalue weighted by molar-refractivity contribution is -0.150. The number of halogens is 1. The van der Waals surface area contributed by atoms with Crippen molar-refractivity contribution in [3.8, 4) is 0 Å². The van der Waals surface area contributed by atoms with Gasteiger partial charge in [0.2, 0.25) is 0 Å². The largest absolute Gasteiger partial charge is 0.479 e. The minimum atomic E-state index is -1.35. The molecule has 3 aromatic carbocycles. The molecule has 1 aliphatic carbocycles. The number of aryl methyl sites for hydroxylation is 1. The quantitative estimate of drug-likeness (QED) is 0.153. The molecule has 218 valence electrons. The number of aromatic nitrogens is 1. The zero-order chi connectivity index (χ0) is 29.9. The molecule has 0 spiro atoms. The summed E-state index contributed by atoms with van der Waals surface area (Å²) in [6.07, 6.45) is 5.68. The SMILES string of the molecule is CC(C)(O)c1ccccc1CC[C@@H](SCC1([C@@H](O)C(=O)O)CC1)c1cccc(/C=C/c2ccc3ccc(Cl)cc3n2)c1. The minimum absolute atomic E-state index is 0.0765. The third-order valence-corrected chi connectivity index (χ3v) is 9.92. The molecule has 0 unspecified atom stereocenters. The van der Waals surface area contributed by atoms with E-state index in [0.717, 1.165) is 51.7 Å². The van der Waals surface area contributed by atoms with Gasteiger partial charge in [0.25, 0.3) is 0 Å². The van der Waals surface area contributed by atoms with Gasteiger partial charge in [-0.2, -0.15) is 11.8 Å². The number of nitrogens with zero attached hydrogens (tertiary/aromatic N) is 1. The first kappa shape index (κ1) is 30.3. The van der Waals surface area contributed by atoms with Crippen molar-refractivity contribution in [2.24, 2.45) is 5.41 Å². The smallest absolute Gasteiger partial charge is 0.333 e. The summed E-state index contributed by atoms with van der Waals surface area (Å²) >= 11 is 7.88. The Hall–Kier alpha value is -3.16. The summed E-state index contributed by atoms with van der Waals surface area (Å²) in [7, 11) is 0. The molecule has 0 radical (unpaired) electrons. The van der Waals surface area contributed by atoms with Gasteiger partial charge in [0.1, 0.15) is 0 Å². The number of pyridine rings is 1. The van der Waals surface area contributed by atoms with E-state index >= 15 is 0 Å². The summed E-state index contributed by atoms with van der Waals surface area (Å²) < 4.78 is 0. The summed E-state index contributed by atoms with van der Waals surface area (Å²) in [5.41, 5.74) is 4.35. The van der Waals surface area contributed by atoms with Crippen LogP contribution in [0.2, 0.25) is 5.02 Å². The third kappa shape index (κ3) is 7.24. The van der Waals surface area contributed by atoms with Crippen molar-refractivity contribution in [3.05, 3.63) is 112 Å². The molecule has 3 N–H and O–H groups in total. The molecule has 0 bridgehead atoms. The molecule has 1 saturated carbocycles. The average molecular weight is 602 g/mol. The van der Waals surface area contributed by atoms with Gasteiger partial charge < -0.3 is 15.3 Å². The summed E-state index contributed by atoms with van der Waals surface area (Å²) in [6, 6.07) is 26.1. The fourth-order valence-electron chi connectivity index (χ4n) is 5.40. The summed E-state index contributed by atoms with van der Waals surface area (Å²) in [5.74, 6) is -0.581. The number of carboxylic acids is 1. The van der Waals surface area contributed by atoms with Crippen LogP contribution in [-0.2, 0) is 16.8 Å². The highest BCUT2D eigenvalue weighted by Crippen LogP contribution is 2.53. The average Bonchev–Trinajstić information content (AvgIpc) is 3.76. The van der Waals surface area contributed by atoms with Crippen LogP contribution in [0, 0.1) is 5.41 Å². The molecule has 1 aliphatic rings. The molecular weight excluding hydrogens is 566 g/mol. The fraction of sp³-hybridized carbons (Fsp3) is 0.314. The van der Waals surface area contributed by atoms with Gasteiger partial charge >= 0.3 is 5.97 Å². The van der Waals surface area contributed by atoms with Crippen LogP contribution in [0.15, 0.2) is 78.9 Å². The maximum absolute atomic E-state index is 11.6. The van der Waals surface area contributed by atoms with Gasteiger partial charge in [-0.1, -0.05) is 78.3 Å². The van der Waals surface area contributed by atoms with Crippen LogP contribution in [0.5, 0.6) is 0 Å². The second kappa shape index (κ2) is 12.6. The Balaban J connectivity index is 1.38. The first-order valence-electron chi connectivity index (χ1n) is 14.2. The van der Waals surface area contributed by atoms with E-state index in [0.29, 0.717) is 23.6 Å².